The Balaban J connectivity index is 1.47. The van der Waals surface area contributed by atoms with E-state index in [9.17, 15) is 19.1 Å². The molecule has 0 spiro atoms. The van der Waals surface area contributed by atoms with Crippen molar-refractivity contribution in [2.75, 3.05) is 13.6 Å². The molecule has 10 heteroatoms. The summed E-state index contributed by atoms with van der Waals surface area (Å²) in [7, 11) is 1.50. The van der Waals surface area contributed by atoms with Crippen molar-refractivity contribution < 1.29 is 28.3 Å². The van der Waals surface area contributed by atoms with E-state index in [1.54, 1.807) is 6.07 Å². The number of carboxylic acid groups (broad SMARTS) is 1. The Labute approximate surface area is 176 Å². The van der Waals surface area contributed by atoms with Gasteiger partial charge in [-0.2, -0.15) is 0 Å². The molecule has 160 valence electrons. The summed E-state index contributed by atoms with van der Waals surface area (Å²) in [6.07, 6.45) is 0.502. The molecule has 1 aromatic carbocycles. The number of hydrogen-bond acceptors (Lipinski definition) is 5. The third kappa shape index (κ3) is 3.94. The third-order valence-corrected chi connectivity index (χ3v) is 6.21. The number of fused-ring (bicyclic) bond motifs is 1. The van der Waals surface area contributed by atoms with Crippen LogP contribution in [0.5, 0.6) is 5.75 Å². The van der Waals surface area contributed by atoms with Gasteiger partial charge < -0.3 is 24.6 Å². The molecule has 8 nitrogen and oxygen atoms in total. The minimum atomic E-state index is -0.988. The minimum Gasteiger partial charge on any atom is -0.490 e. The van der Waals surface area contributed by atoms with Gasteiger partial charge >= 0.3 is 6.09 Å². The Morgan fingerprint density at radius 2 is 2.20 bits per heavy atom. The lowest BCUT2D eigenvalue weighted by Gasteiger charge is -2.25. The first-order chi connectivity index (χ1) is 14.4. The molecular formula is C20H21ClFN3O5. The monoisotopic (exact) mass is 437 g/mol. The lowest BCUT2D eigenvalue weighted by atomic mass is 9.91. The lowest BCUT2D eigenvalue weighted by molar-refractivity contribution is 0.0954. The standard InChI is InChI=1S/C20H21ClFN3O5/c1-23-19(26)17-7-13(30-24-17)8-18-14-5-12(4-10(14)9-25(18)20(27)28)29-11-2-3-15(21)16(22)6-11/h2-3,6-7,10,12,14,18H,4-5,8-9H2,1H3,(H,23,26)(H,27,28)/t10-,12-,14-,18?/m0/s1. The van der Waals surface area contributed by atoms with Gasteiger partial charge in [0.2, 0.25) is 0 Å². The second-order valence-electron chi connectivity index (χ2n) is 7.68. The van der Waals surface area contributed by atoms with Gasteiger partial charge in [0.05, 0.1) is 11.1 Å². The number of likely N-dealkylation sites (tertiary alicyclic amines) is 1. The van der Waals surface area contributed by atoms with Crippen LogP contribution in [0.2, 0.25) is 5.02 Å². The zero-order valence-electron chi connectivity index (χ0n) is 16.2. The number of nitrogens with zero attached hydrogens (tertiary/aromatic N) is 2. The number of benzene rings is 1. The van der Waals surface area contributed by atoms with Crippen LogP contribution < -0.4 is 10.1 Å². The predicted octanol–water partition coefficient (Wildman–Crippen LogP) is 3.21. The smallest absolute Gasteiger partial charge is 0.407 e. The van der Waals surface area contributed by atoms with E-state index in [4.69, 9.17) is 20.9 Å². The molecular weight excluding hydrogens is 417 g/mol. The average molecular weight is 438 g/mol. The topological polar surface area (TPSA) is 105 Å². The maximum Gasteiger partial charge on any atom is 0.407 e. The SMILES string of the molecule is CNC(=O)c1cc(CC2[C@H]3C[C@@H](Oc4ccc(Cl)c(F)c4)C[C@H]3CN2C(=O)O)on1. The Hall–Kier alpha value is -2.81. The highest BCUT2D eigenvalue weighted by Crippen LogP contribution is 2.44. The van der Waals surface area contributed by atoms with E-state index in [2.05, 4.69) is 10.5 Å². The Bertz CT molecular complexity index is 968. The number of hydrogen-bond donors (Lipinski definition) is 2. The highest BCUT2D eigenvalue weighted by molar-refractivity contribution is 6.30. The van der Waals surface area contributed by atoms with Crippen LogP contribution in [0.1, 0.15) is 29.1 Å². The van der Waals surface area contributed by atoms with E-state index in [1.165, 1.54) is 30.1 Å². The van der Waals surface area contributed by atoms with Gasteiger partial charge in [0.15, 0.2) is 5.69 Å². The van der Waals surface area contributed by atoms with Crippen molar-refractivity contribution >= 4 is 23.6 Å². The quantitative estimate of drug-likeness (QED) is 0.744. The van der Waals surface area contributed by atoms with Crippen molar-refractivity contribution in [1.82, 2.24) is 15.4 Å². The van der Waals surface area contributed by atoms with Crippen LogP contribution in [0.4, 0.5) is 9.18 Å². The molecule has 2 aliphatic rings. The maximum absolute atomic E-state index is 13.7. The molecule has 2 N–H and O–H groups in total. The van der Waals surface area contributed by atoms with Gasteiger partial charge in [-0.15, -0.1) is 0 Å². The molecule has 4 rings (SSSR count). The van der Waals surface area contributed by atoms with Crippen molar-refractivity contribution in [2.24, 2.45) is 11.8 Å². The van der Waals surface area contributed by atoms with Gasteiger partial charge in [-0.05, 0) is 36.8 Å². The largest absolute Gasteiger partial charge is 0.490 e. The summed E-state index contributed by atoms with van der Waals surface area (Å²) in [5, 5.41) is 15.9. The molecule has 2 fully saturated rings. The third-order valence-electron chi connectivity index (χ3n) is 5.90. The second kappa shape index (κ2) is 8.14. The van der Waals surface area contributed by atoms with Gasteiger partial charge in [-0.3, -0.25) is 4.79 Å². The number of ether oxygens (including phenoxy) is 1. The van der Waals surface area contributed by atoms with Gasteiger partial charge in [-0.25, -0.2) is 9.18 Å². The molecule has 0 radical (unpaired) electrons. The van der Waals surface area contributed by atoms with E-state index in [1.807, 2.05) is 0 Å². The molecule has 1 aromatic heterocycles. The van der Waals surface area contributed by atoms with E-state index >= 15 is 0 Å². The van der Waals surface area contributed by atoms with Gasteiger partial charge in [0.25, 0.3) is 5.91 Å². The summed E-state index contributed by atoms with van der Waals surface area (Å²) in [4.78, 5) is 24.9. The fourth-order valence-electron chi connectivity index (χ4n) is 4.58. The molecule has 30 heavy (non-hydrogen) atoms. The van der Waals surface area contributed by atoms with E-state index in [-0.39, 0.29) is 40.6 Å². The van der Waals surface area contributed by atoms with E-state index in [0.717, 1.165) is 0 Å². The Morgan fingerprint density at radius 1 is 1.40 bits per heavy atom. The maximum atomic E-state index is 13.7. The zero-order chi connectivity index (χ0) is 21.4. The summed E-state index contributed by atoms with van der Waals surface area (Å²) in [5.74, 6) is 0.147. The summed E-state index contributed by atoms with van der Waals surface area (Å²) < 4.78 is 24.9. The number of carbonyl (C=O) groups excluding carboxylic acids is 1. The van der Waals surface area contributed by atoms with E-state index < -0.39 is 11.9 Å². The van der Waals surface area contributed by atoms with Crippen molar-refractivity contribution in [3.8, 4) is 5.75 Å². The van der Waals surface area contributed by atoms with Gasteiger partial charge in [0.1, 0.15) is 17.3 Å². The van der Waals surface area contributed by atoms with Crippen LogP contribution in [0.15, 0.2) is 28.8 Å². The Kier molecular flexibility index (Phi) is 5.55. The van der Waals surface area contributed by atoms with Gasteiger partial charge in [-0.1, -0.05) is 16.8 Å². The van der Waals surface area contributed by atoms with Crippen molar-refractivity contribution in [3.63, 3.8) is 0 Å². The molecule has 2 aromatic rings. The first-order valence-electron chi connectivity index (χ1n) is 9.64. The molecule has 1 aliphatic carbocycles. The van der Waals surface area contributed by atoms with Crippen molar-refractivity contribution in [3.05, 3.63) is 46.6 Å². The van der Waals surface area contributed by atoms with Crippen molar-refractivity contribution in [1.29, 1.82) is 0 Å². The molecule has 1 unspecified atom stereocenters. The van der Waals surface area contributed by atoms with Crippen LogP contribution >= 0.6 is 11.6 Å². The van der Waals surface area contributed by atoms with E-state index in [0.29, 0.717) is 37.3 Å². The molecule has 4 atom stereocenters. The molecule has 2 amide bonds. The zero-order valence-corrected chi connectivity index (χ0v) is 16.9. The number of halogens is 2. The normalized spacial score (nSPS) is 25.2. The molecule has 2 heterocycles. The first-order valence-corrected chi connectivity index (χ1v) is 10.0. The van der Waals surface area contributed by atoms with Crippen molar-refractivity contribution in [2.45, 2.75) is 31.4 Å². The summed E-state index contributed by atoms with van der Waals surface area (Å²) in [6.45, 7) is 0.399. The minimum absolute atomic E-state index is 0.0333. The molecule has 1 aliphatic heterocycles. The second-order valence-corrected chi connectivity index (χ2v) is 8.08. The number of nitrogens with one attached hydrogen (secondary N) is 1. The summed E-state index contributed by atoms with van der Waals surface area (Å²) in [6, 6.07) is 5.55. The average Bonchev–Trinajstić information content (AvgIpc) is 3.40. The molecule has 1 saturated heterocycles. The van der Waals surface area contributed by atoms with Gasteiger partial charge in [0, 0.05) is 38.2 Å². The fraction of sp³-hybridized carbons (Fsp3) is 0.450. The predicted molar refractivity (Wildman–Crippen MR) is 104 cm³/mol. The number of amides is 2. The van der Waals surface area contributed by atoms with Crippen LogP contribution in [0.3, 0.4) is 0 Å². The lowest BCUT2D eigenvalue weighted by Crippen LogP contribution is -2.39. The fourth-order valence-corrected chi connectivity index (χ4v) is 4.69. The van der Waals surface area contributed by atoms with Crippen LogP contribution in [-0.2, 0) is 6.42 Å². The first kappa shape index (κ1) is 20.5. The van der Waals surface area contributed by atoms with Crippen LogP contribution in [0.25, 0.3) is 0 Å². The summed E-state index contributed by atoms with van der Waals surface area (Å²) in [5.41, 5.74) is 0.154. The number of rotatable bonds is 5. The molecule has 0 bridgehead atoms. The molecule has 1 saturated carbocycles. The highest BCUT2D eigenvalue weighted by Gasteiger charge is 2.50. The highest BCUT2D eigenvalue weighted by atomic mass is 35.5. The van der Waals surface area contributed by atoms with Crippen LogP contribution in [0, 0.1) is 17.7 Å². The number of aromatic nitrogens is 1. The Morgan fingerprint density at radius 3 is 2.90 bits per heavy atom. The number of carbonyl (C=O) groups is 2. The summed E-state index contributed by atoms with van der Waals surface area (Å²) >= 11 is 5.72. The van der Waals surface area contributed by atoms with Crippen LogP contribution in [-0.4, -0.2) is 52.9 Å².